The van der Waals surface area contributed by atoms with Gasteiger partial charge in [-0.15, -0.1) is 0 Å². The Hall–Kier alpha value is -2.90. The molecule has 1 spiro atoms. The number of nitrogens with zero attached hydrogens (tertiary/aromatic N) is 2. The summed E-state index contributed by atoms with van der Waals surface area (Å²) in [6.45, 7) is 1.90. The molecule has 0 saturated carbocycles. The molecule has 1 aromatic rings. The number of ether oxygens (including phenoxy) is 2. The fraction of sp³-hybridized carbons (Fsp3) is 0.375. The highest BCUT2D eigenvalue weighted by Crippen LogP contribution is 2.35. The van der Waals surface area contributed by atoms with Crippen LogP contribution in [0.25, 0.3) is 0 Å². The summed E-state index contributed by atoms with van der Waals surface area (Å²) >= 11 is 0. The average molecular weight is 331 g/mol. The van der Waals surface area contributed by atoms with E-state index in [0.29, 0.717) is 11.4 Å². The van der Waals surface area contributed by atoms with Crippen molar-refractivity contribution in [2.45, 2.75) is 25.3 Å². The molecule has 3 rings (SSSR count). The Morgan fingerprint density at radius 3 is 2.88 bits per heavy atom. The number of imide groups is 1. The van der Waals surface area contributed by atoms with Gasteiger partial charge in [0.25, 0.3) is 5.91 Å². The van der Waals surface area contributed by atoms with Crippen molar-refractivity contribution in [3.8, 4) is 5.75 Å². The second kappa shape index (κ2) is 5.95. The zero-order chi connectivity index (χ0) is 17.3. The molecule has 126 valence electrons. The Balaban J connectivity index is 1.84. The second-order valence-corrected chi connectivity index (χ2v) is 5.56. The predicted octanol–water partition coefficient (Wildman–Crippen LogP) is 0.610. The monoisotopic (exact) mass is 331 g/mol. The zero-order valence-corrected chi connectivity index (χ0v) is 13.4. The third-order valence-electron chi connectivity index (χ3n) is 4.01. The van der Waals surface area contributed by atoms with Gasteiger partial charge in [0, 0.05) is 12.5 Å². The van der Waals surface area contributed by atoms with Gasteiger partial charge in [-0.25, -0.2) is 9.69 Å². The molecule has 0 aromatic heterocycles. The van der Waals surface area contributed by atoms with E-state index in [1.165, 1.54) is 7.11 Å². The first-order chi connectivity index (χ1) is 11.5. The largest absolute Gasteiger partial charge is 0.497 e. The second-order valence-electron chi connectivity index (χ2n) is 5.56. The summed E-state index contributed by atoms with van der Waals surface area (Å²) < 4.78 is 10.0. The van der Waals surface area contributed by atoms with Gasteiger partial charge in [-0.05, 0) is 19.1 Å². The molecular formula is C16H17N3O5. The Labute approximate surface area is 138 Å². The molecule has 1 aromatic carbocycles. The van der Waals surface area contributed by atoms with Crippen molar-refractivity contribution < 1.29 is 23.9 Å². The summed E-state index contributed by atoms with van der Waals surface area (Å²) in [5.41, 5.74) is 1.99. The Kier molecular flexibility index (Phi) is 3.96. The highest BCUT2D eigenvalue weighted by Gasteiger charge is 2.56. The quantitative estimate of drug-likeness (QED) is 0.641. The van der Waals surface area contributed by atoms with E-state index >= 15 is 0 Å². The maximum absolute atomic E-state index is 12.8. The van der Waals surface area contributed by atoms with Gasteiger partial charge in [0.1, 0.15) is 17.0 Å². The Morgan fingerprint density at radius 2 is 2.17 bits per heavy atom. The zero-order valence-electron chi connectivity index (χ0n) is 13.4. The molecule has 8 heteroatoms. The third-order valence-corrected chi connectivity index (χ3v) is 4.01. The number of esters is 1. The number of hydrogen-bond donors (Lipinski definition) is 1. The van der Waals surface area contributed by atoms with Crippen LogP contribution >= 0.6 is 0 Å². The third kappa shape index (κ3) is 2.49. The van der Waals surface area contributed by atoms with E-state index in [2.05, 4.69) is 10.5 Å². The minimum absolute atomic E-state index is 0.0247. The number of anilines is 1. The number of methoxy groups -OCH3 is 1. The van der Waals surface area contributed by atoms with Crippen LogP contribution in [-0.2, 0) is 19.1 Å². The van der Waals surface area contributed by atoms with Crippen molar-refractivity contribution >= 4 is 29.2 Å². The van der Waals surface area contributed by atoms with Crippen LogP contribution in [0.5, 0.6) is 5.75 Å². The number of amides is 2. The van der Waals surface area contributed by atoms with Crippen molar-refractivity contribution in [3.63, 3.8) is 0 Å². The first-order valence-corrected chi connectivity index (χ1v) is 7.53. The van der Waals surface area contributed by atoms with Crippen LogP contribution in [0.3, 0.4) is 0 Å². The lowest BCUT2D eigenvalue weighted by molar-refractivity contribution is -0.135. The summed E-state index contributed by atoms with van der Waals surface area (Å²) in [7, 11) is 1.51. The van der Waals surface area contributed by atoms with Crippen molar-refractivity contribution in [2.75, 3.05) is 18.6 Å². The van der Waals surface area contributed by atoms with Gasteiger partial charge >= 0.3 is 5.97 Å². The fourth-order valence-corrected chi connectivity index (χ4v) is 2.85. The molecule has 1 N–H and O–H groups in total. The maximum Gasteiger partial charge on any atom is 0.354 e. The number of hydrazone groups is 1. The van der Waals surface area contributed by atoms with Gasteiger partial charge in [0.05, 0.1) is 25.8 Å². The van der Waals surface area contributed by atoms with Crippen LogP contribution in [0, 0.1) is 0 Å². The van der Waals surface area contributed by atoms with Crippen molar-refractivity contribution in [2.24, 2.45) is 5.10 Å². The highest BCUT2D eigenvalue weighted by atomic mass is 16.5. The summed E-state index contributed by atoms with van der Waals surface area (Å²) in [6, 6.07) is 6.68. The van der Waals surface area contributed by atoms with Gasteiger partial charge in [0.15, 0.2) is 0 Å². The van der Waals surface area contributed by atoms with Gasteiger partial charge in [-0.2, -0.15) is 5.10 Å². The molecule has 24 heavy (non-hydrogen) atoms. The fourth-order valence-electron chi connectivity index (χ4n) is 2.85. The average Bonchev–Trinajstić information content (AvgIpc) is 3.10. The number of nitrogens with one attached hydrogen (secondary N) is 1. The molecule has 2 amide bonds. The van der Waals surface area contributed by atoms with Gasteiger partial charge in [0.2, 0.25) is 5.91 Å². The van der Waals surface area contributed by atoms with Crippen LogP contribution in [0.4, 0.5) is 5.69 Å². The van der Waals surface area contributed by atoms with E-state index in [1.807, 2.05) is 0 Å². The maximum atomic E-state index is 12.8. The SMILES string of the molecule is CCOC(=O)C1=NNC2(CC(=O)N(c3cccc(OC)c3)C2=O)C1. The smallest absolute Gasteiger partial charge is 0.354 e. The van der Waals surface area contributed by atoms with E-state index in [1.54, 1.807) is 31.2 Å². The minimum Gasteiger partial charge on any atom is -0.497 e. The molecule has 2 aliphatic heterocycles. The van der Waals surface area contributed by atoms with Crippen LogP contribution < -0.4 is 15.1 Å². The van der Waals surface area contributed by atoms with Gasteiger partial charge in [-0.1, -0.05) is 6.07 Å². The molecule has 1 saturated heterocycles. The van der Waals surface area contributed by atoms with E-state index in [0.717, 1.165) is 4.90 Å². The number of rotatable bonds is 4. The predicted molar refractivity (Wildman–Crippen MR) is 84.7 cm³/mol. The van der Waals surface area contributed by atoms with Gasteiger partial charge < -0.3 is 9.47 Å². The molecule has 2 heterocycles. The minimum atomic E-state index is -1.22. The molecular weight excluding hydrogens is 314 g/mol. The van der Waals surface area contributed by atoms with Crippen LogP contribution in [0.2, 0.25) is 0 Å². The number of hydrogen-bond acceptors (Lipinski definition) is 7. The molecule has 2 aliphatic rings. The molecule has 0 bridgehead atoms. The van der Waals surface area contributed by atoms with Crippen LogP contribution in [0.1, 0.15) is 19.8 Å². The van der Waals surface area contributed by atoms with E-state index in [4.69, 9.17) is 9.47 Å². The van der Waals surface area contributed by atoms with E-state index in [-0.39, 0.29) is 31.1 Å². The van der Waals surface area contributed by atoms with E-state index < -0.39 is 17.4 Å². The summed E-state index contributed by atoms with van der Waals surface area (Å²) in [4.78, 5) is 38.1. The molecule has 1 fully saturated rings. The standard InChI is InChI=1S/C16H17N3O5/c1-3-24-14(21)12-8-16(18-17-12)9-13(20)19(15(16)22)10-5-4-6-11(7-10)23-2/h4-7,18H,3,8-9H2,1-2H3. The lowest BCUT2D eigenvalue weighted by atomic mass is 9.93. The van der Waals surface area contributed by atoms with E-state index in [9.17, 15) is 14.4 Å². The molecule has 1 unspecified atom stereocenters. The lowest BCUT2D eigenvalue weighted by Crippen LogP contribution is -2.47. The molecule has 0 aliphatic carbocycles. The highest BCUT2D eigenvalue weighted by molar-refractivity contribution is 6.39. The molecule has 8 nitrogen and oxygen atoms in total. The first-order valence-electron chi connectivity index (χ1n) is 7.53. The number of carbonyl (C=O) groups excluding carboxylic acids is 3. The summed E-state index contributed by atoms with van der Waals surface area (Å²) in [5.74, 6) is -0.844. The lowest BCUT2D eigenvalue weighted by Gasteiger charge is -2.21. The first kappa shape index (κ1) is 16.0. The number of carbonyl (C=O) groups is 3. The summed E-state index contributed by atoms with van der Waals surface area (Å²) in [6.07, 6.45) is -0.0493. The van der Waals surface area contributed by atoms with Crippen molar-refractivity contribution in [3.05, 3.63) is 24.3 Å². The summed E-state index contributed by atoms with van der Waals surface area (Å²) in [5, 5.41) is 3.90. The Bertz CT molecular complexity index is 745. The van der Waals surface area contributed by atoms with Crippen molar-refractivity contribution in [1.29, 1.82) is 0 Å². The van der Waals surface area contributed by atoms with Crippen molar-refractivity contribution in [1.82, 2.24) is 5.43 Å². The van der Waals surface area contributed by atoms with Crippen LogP contribution in [-0.4, -0.2) is 42.8 Å². The van der Waals surface area contributed by atoms with Gasteiger partial charge in [-0.3, -0.25) is 15.0 Å². The molecule has 1 atom stereocenters. The molecule has 0 radical (unpaired) electrons. The Morgan fingerprint density at radius 1 is 1.38 bits per heavy atom. The number of benzene rings is 1. The van der Waals surface area contributed by atoms with Crippen LogP contribution in [0.15, 0.2) is 29.4 Å². The topological polar surface area (TPSA) is 97.3 Å². The normalized spacial score (nSPS) is 22.6.